The maximum Gasteiger partial charge on any atom is 0.254 e. The van der Waals surface area contributed by atoms with E-state index in [-0.39, 0.29) is 18.5 Å². The van der Waals surface area contributed by atoms with Crippen LogP contribution in [0, 0.1) is 11.3 Å². The highest BCUT2D eigenvalue weighted by atomic mass is 31.2. The minimum Gasteiger partial charge on any atom is -0.497 e. The number of aliphatic hydroxyl groups excluding tert-OH is 1. The largest absolute Gasteiger partial charge is 0.497 e. The highest BCUT2D eigenvalue weighted by Crippen LogP contribution is 2.46. The number of hydrogen-bond acceptors (Lipinski definition) is 9. The molecule has 3 rings (SSSR count). The summed E-state index contributed by atoms with van der Waals surface area (Å²) in [5, 5.41) is 25.8. The van der Waals surface area contributed by atoms with Crippen LogP contribution in [0.4, 0.5) is 0 Å². The maximum atomic E-state index is 12.9. The molecule has 256 valence electrons. The Hall–Kier alpha value is -3.06. The quantitative estimate of drug-likeness (QED) is 0.0774. The minimum atomic E-state index is -2.26. The SMILES string of the molecule is CCN(CC)CC(OP(O)NC(CC#N)N(C(C)C)C(C)C)C(O)C(c1ccccc1)(c1ccc(OC)cc1)c1ccc(OC)cc1. The molecule has 0 heterocycles. The zero-order chi connectivity index (χ0) is 34.6. The molecule has 47 heavy (non-hydrogen) atoms. The molecule has 0 aliphatic heterocycles. The summed E-state index contributed by atoms with van der Waals surface area (Å²) >= 11 is 0. The van der Waals surface area contributed by atoms with Gasteiger partial charge in [0.15, 0.2) is 0 Å². The standard InChI is InChI=1S/C37H53N4O5P/c1-9-40(10-2)26-34(46-47(43)39-35(24-25-38)41(27(3)4)28(5)6)36(42)37(29-14-12-11-13-15-29,30-16-20-32(44-7)21-17-30)31-18-22-33(45-8)23-19-31/h11-23,27-28,34-36,39,42-43H,9-10,24,26H2,1-8H3. The number of benzene rings is 3. The first-order valence-electron chi connectivity index (χ1n) is 16.4. The molecule has 10 heteroatoms. The summed E-state index contributed by atoms with van der Waals surface area (Å²) in [7, 11) is 0.988. The molecule has 0 fully saturated rings. The lowest BCUT2D eigenvalue weighted by atomic mass is 9.64. The van der Waals surface area contributed by atoms with Crippen molar-refractivity contribution in [3.63, 3.8) is 0 Å². The molecule has 0 radical (unpaired) electrons. The fourth-order valence-corrected chi connectivity index (χ4v) is 7.51. The van der Waals surface area contributed by atoms with Crippen LogP contribution in [-0.4, -0.2) is 84.1 Å². The second kappa shape index (κ2) is 18.5. The second-order valence-corrected chi connectivity index (χ2v) is 13.1. The van der Waals surface area contributed by atoms with Crippen molar-refractivity contribution in [2.45, 2.75) is 83.8 Å². The molecule has 9 nitrogen and oxygen atoms in total. The molecule has 3 aromatic rings. The average molecular weight is 665 g/mol. The first-order valence-corrected chi connectivity index (χ1v) is 17.6. The summed E-state index contributed by atoms with van der Waals surface area (Å²) < 4.78 is 17.5. The van der Waals surface area contributed by atoms with Crippen LogP contribution < -0.4 is 14.6 Å². The van der Waals surface area contributed by atoms with Crippen molar-refractivity contribution in [3.8, 4) is 17.6 Å². The number of methoxy groups -OCH3 is 2. The number of likely N-dealkylation sites (N-methyl/N-ethyl adjacent to an activating group) is 1. The van der Waals surface area contributed by atoms with E-state index in [9.17, 15) is 15.3 Å². The number of ether oxygens (including phenoxy) is 2. The van der Waals surface area contributed by atoms with Crippen LogP contribution in [0.1, 0.15) is 64.7 Å². The third-order valence-corrected chi connectivity index (χ3v) is 9.77. The Morgan fingerprint density at radius 1 is 0.809 bits per heavy atom. The second-order valence-electron chi connectivity index (χ2n) is 12.1. The lowest BCUT2D eigenvalue weighted by molar-refractivity contribution is -0.0135. The summed E-state index contributed by atoms with van der Waals surface area (Å²) in [5.74, 6) is 1.39. The molecular formula is C37H53N4O5P. The van der Waals surface area contributed by atoms with Crippen molar-refractivity contribution in [2.24, 2.45) is 0 Å². The van der Waals surface area contributed by atoms with Gasteiger partial charge in [0.2, 0.25) is 0 Å². The maximum absolute atomic E-state index is 12.9. The van der Waals surface area contributed by atoms with Gasteiger partial charge >= 0.3 is 0 Å². The Morgan fingerprint density at radius 3 is 1.68 bits per heavy atom. The van der Waals surface area contributed by atoms with Crippen molar-refractivity contribution >= 4 is 8.53 Å². The molecule has 0 aromatic heterocycles. The first-order chi connectivity index (χ1) is 22.6. The molecular weight excluding hydrogens is 611 g/mol. The fourth-order valence-electron chi connectivity index (χ4n) is 6.53. The van der Waals surface area contributed by atoms with E-state index in [0.29, 0.717) is 18.0 Å². The molecule has 4 atom stereocenters. The van der Waals surface area contributed by atoms with E-state index in [1.165, 1.54) is 0 Å². The molecule has 0 saturated heterocycles. The lowest BCUT2D eigenvalue weighted by Gasteiger charge is -2.44. The molecule has 0 aliphatic rings. The van der Waals surface area contributed by atoms with Gasteiger partial charge in [0.05, 0.1) is 44.4 Å². The predicted octanol–water partition coefficient (Wildman–Crippen LogP) is 6.29. The van der Waals surface area contributed by atoms with Crippen LogP contribution in [0.15, 0.2) is 78.9 Å². The van der Waals surface area contributed by atoms with Crippen LogP contribution in [0.2, 0.25) is 0 Å². The minimum absolute atomic E-state index is 0.122. The van der Waals surface area contributed by atoms with Gasteiger partial charge in [-0.1, -0.05) is 68.4 Å². The number of nitriles is 1. The molecule has 0 aliphatic carbocycles. The van der Waals surface area contributed by atoms with Gasteiger partial charge in [0, 0.05) is 18.6 Å². The van der Waals surface area contributed by atoms with Gasteiger partial charge in [0.1, 0.15) is 17.6 Å². The lowest BCUT2D eigenvalue weighted by Crippen LogP contribution is -2.54. The third-order valence-electron chi connectivity index (χ3n) is 8.78. The average Bonchev–Trinajstić information content (AvgIpc) is 3.07. The highest BCUT2D eigenvalue weighted by Gasteiger charge is 2.48. The topological polar surface area (TPSA) is 110 Å². The Bertz CT molecular complexity index is 1310. The van der Waals surface area contributed by atoms with E-state index in [4.69, 9.17) is 14.0 Å². The Morgan fingerprint density at radius 2 is 1.28 bits per heavy atom. The van der Waals surface area contributed by atoms with Gasteiger partial charge in [-0.05, 0) is 81.7 Å². The van der Waals surface area contributed by atoms with Crippen LogP contribution in [0.5, 0.6) is 11.5 Å². The monoisotopic (exact) mass is 664 g/mol. The van der Waals surface area contributed by atoms with Crippen LogP contribution >= 0.6 is 8.53 Å². The van der Waals surface area contributed by atoms with Gasteiger partial charge in [-0.3, -0.25) is 4.90 Å². The van der Waals surface area contributed by atoms with Gasteiger partial charge in [-0.15, -0.1) is 0 Å². The summed E-state index contributed by atoms with van der Waals surface area (Å²) in [6, 6.07) is 27.9. The molecule has 0 bridgehead atoms. The predicted molar refractivity (Wildman–Crippen MR) is 189 cm³/mol. The van der Waals surface area contributed by atoms with Gasteiger partial charge < -0.3 is 28.9 Å². The van der Waals surface area contributed by atoms with E-state index in [0.717, 1.165) is 29.8 Å². The Kier molecular flexibility index (Phi) is 15.1. The zero-order valence-electron chi connectivity index (χ0n) is 29.1. The van der Waals surface area contributed by atoms with Gasteiger partial charge in [0.25, 0.3) is 8.53 Å². The first kappa shape index (κ1) is 38.4. The molecule has 4 unspecified atom stereocenters. The number of hydrogen-bond donors (Lipinski definition) is 3. The molecule has 0 amide bonds. The normalized spacial score (nSPS) is 14.7. The van der Waals surface area contributed by atoms with Crippen LogP contribution in [0.3, 0.4) is 0 Å². The number of nitrogens with zero attached hydrogens (tertiary/aromatic N) is 3. The highest BCUT2D eigenvalue weighted by molar-refractivity contribution is 7.43. The van der Waals surface area contributed by atoms with E-state index in [2.05, 4.69) is 62.5 Å². The van der Waals surface area contributed by atoms with Crippen molar-refractivity contribution < 1.29 is 24.0 Å². The van der Waals surface area contributed by atoms with Crippen LogP contribution in [0.25, 0.3) is 0 Å². The van der Waals surface area contributed by atoms with Crippen molar-refractivity contribution in [2.75, 3.05) is 33.9 Å². The molecule has 3 aromatic carbocycles. The van der Waals surface area contributed by atoms with Gasteiger partial charge in [-0.2, -0.15) is 5.26 Å². The van der Waals surface area contributed by atoms with E-state index in [1.807, 2.05) is 78.9 Å². The number of nitrogens with one attached hydrogen (secondary N) is 1. The van der Waals surface area contributed by atoms with Crippen molar-refractivity contribution in [3.05, 3.63) is 95.6 Å². The Balaban J connectivity index is 2.23. The Labute approximate surface area is 283 Å². The number of aliphatic hydroxyl groups is 1. The zero-order valence-corrected chi connectivity index (χ0v) is 30.0. The number of rotatable bonds is 19. The van der Waals surface area contributed by atoms with Crippen LogP contribution in [-0.2, 0) is 9.94 Å². The molecule has 0 saturated carbocycles. The summed E-state index contributed by atoms with van der Waals surface area (Å²) in [4.78, 5) is 15.9. The molecule has 3 N–H and O–H groups in total. The van der Waals surface area contributed by atoms with Crippen molar-refractivity contribution in [1.29, 1.82) is 5.26 Å². The third kappa shape index (κ3) is 9.31. The molecule has 0 spiro atoms. The summed E-state index contributed by atoms with van der Waals surface area (Å²) in [5.41, 5.74) is 1.40. The smallest absolute Gasteiger partial charge is 0.254 e. The summed E-state index contributed by atoms with van der Waals surface area (Å²) in [6.07, 6.45) is -2.30. The van der Waals surface area contributed by atoms with Crippen molar-refractivity contribution in [1.82, 2.24) is 14.9 Å². The summed E-state index contributed by atoms with van der Waals surface area (Å²) in [6.45, 7) is 14.2. The van der Waals surface area contributed by atoms with E-state index >= 15 is 0 Å². The van der Waals surface area contributed by atoms with Gasteiger partial charge in [-0.25, -0.2) is 5.09 Å². The van der Waals surface area contributed by atoms with E-state index < -0.39 is 32.3 Å². The fraction of sp³-hybridized carbons (Fsp3) is 0.486. The van der Waals surface area contributed by atoms with E-state index in [1.54, 1.807) is 14.2 Å².